The van der Waals surface area contributed by atoms with Gasteiger partial charge >= 0.3 is 17.8 Å². The fraction of sp³-hybridized carbons (Fsp3) is 0.267. The first-order chi connectivity index (χ1) is 13.1. The van der Waals surface area contributed by atoms with E-state index < -0.39 is 65.6 Å². The molecule has 0 fully saturated rings. The standard InChI is InChI=1S/C15H11ClF4N2O6S/c1-6(13(24)25)29(27,28)10-4-9(8(17)3-7(10)16)22-12(23)5-11(15(18,19)20)21(2)14(22)26/h3-6H,1-2H3,(H,24,25). The zero-order valence-corrected chi connectivity index (χ0v) is 16.1. The molecule has 1 N–H and O–H groups in total. The molecule has 0 aliphatic carbocycles. The molecule has 29 heavy (non-hydrogen) atoms. The van der Waals surface area contributed by atoms with Gasteiger partial charge in [0.05, 0.1) is 15.6 Å². The Morgan fingerprint density at radius 2 is 1.76 bits per heavy atom. The molecule has 158 valence electrons. The van der Waals surface area contributed by atoms with E-state index >= 15 is 0 Å². The van der Waals surface area contributed by atoms with Crippen molar-refractivity contribution in [1.29, 1.82) is 0 Å². The first-order valence-electron chi connectivity index (χ1n) is 7.47. The summed E-state index contributed by atoms with van der Waals surface area (Å²) >= 11 is 5.69. The van der Waals surface area contributed by atoms with Gasteiger partial charge in [0.1, 0.15) is 11.5 Å². The number of alkyl halides is 3. The number of aromatic nitrogens is 2. The minimum atomic E-state index is -5.06. The molecule has 0 amide bonds. The fourth-order valence-electron chi connectivity index (χ4n) is 2.35. The van der Waals surface area contributed by atoms with E-state index in [0.717, 1.165) is 6.92 Å². The van der Waals surface area contributed by atoms with Crippen molar-refractivity contribution in [2.24, 2.45) is 7.05 Å². The number of rotatable bonds is 4. The van der Waals surface area contributed by atoms with Crippen LogP contribution in [0.1, 0.15) is 12.6 Å². The Kier molecular flexibility index (Phi) is 5.69. The summed E-state index contributed by atoms with van der Waals surface area (Å²) in [4.78, 5) is 34.5. The zero-order valence-electron chi connectivity index (χ0n) is 14.5. The lowest BCUT2D eigenvalue weighted by molar-refractivity contribution is -0.144. The average molecular weight is 459 g/mol. The summed E-state index contributed by atoms with van der Waals surface area (Å²) in [6.07, 6.45) is -5.06. The predicted octanol–water partition coefficient (Wildman–Crippen LogP) is 1.59. The van der Waals surface area contributed by atoms with Crippen molar-refractivity contribution in [3.8, 4) is 5.69 Å². The van der Waals surface area contributed by atoms with Crippen LogP contribution in [0.3, 0.4) is 0 Å². The third kappa shape index (κ3) is 3.92. The SMILES string of the molecule is CC(C(=O)O)S(=O)(=O)c1cc(-n2c(=O)cc(C(F)(F)F)n(C)c2=O)c(F)cc1Cl. The molecular weight excluding hydrogens is 448 g/mol. The monoisotopic (exact) mass is 458 g/mol. The Morgan fingerprint density at radius 3 is 2.24 bits per heavy atom. The van der Waals surface area contributed by atoms with E-state index in [1.165, 1.54) is 0 Å². The van der Waals surface area contributed by atoms with Gasteiger partial charge in [-0.05, 0) is 19.1 Å². The number of hydrogen-bond acceptors (Lipinski definition) is 5. The lowest BCUT2D eigenvalue weighted by Crippen LogP contribution is -2.41. The van der Waals surface area contributed by atoms with Gasteiger partial charge in [-0.3, -0.25) is 14.2 Å². The number of nitrogens with zero attached hydrogens (tertiary/aromatic N) is 2. The summed E-state index contributed by atoms with van der Waals surface area (Å²) in [5.74, 6) is -3.15. The van der Waals surface area contributed by atoms with E-state index in [2.05, 4.69) is 0 Å². The quantitative estimate of drug-likeness (QED) is 0.549. The normalized spacial score (nSPS) is 13.3. The van der Waals surface area contributed by atoms with Gasteiger partial charge in [-0.1, -0.05) is 11.6 Å². The van der Waals surface area contributed by atoms with E-state index in [1.807, 2.05) is 0 Å². The largest absolute Gasteiger partial charge is 0.480 e. The van der Waals surface area contributed by atoms with Crippen LogP contribution in [-0.4, -0.2) is 33.9 Å². The Hall–Kier alpha value is -2.67. The third-order valence-electron chi connectivity index (χ3n) is 3.97. The fourth-order valence-corrected chi connectivity index (χ4v) is 4.08. The third-order valence-corrected chi connectivity index (χ3v) is 6.48. The van der Waals surface area contributed by atoms with Gasteiger partial charge in [0.25, 0.3) is 5.56 Å². The second-order valence-corrected chi connectivity index (χ2v) is 8.45. The maximum atomic E-state index is 14.4. The van der Waals surface area contributed by atoms with Crippen LogP contribution in [0.25, 0.3) is 5.69 Å². The zero-order chi connectivity index (χ0) is 22.5. The van der Waals surface area contributed by atoms with Crippen molar-refractivity contribution in [2.75, 3.05) is 0 Å². The lowest BCUT2D eigenvalue weighted by Gasteiger charge is -2.16. The van der Waals surface area contributed by atoms with Crippen molar-refractivity contribution < 1.29 is 35.9 Å². The first kappa shape index (κ1) is 22.6. The molecule has 14 heteroatoms. The van der Waals surface area contributed by atoms with Crippen molar-refractivity contribution >= 4 is 27.4 Å². The highest BCUT2D eigenvalue weighted by Crippen LogP contribution is 2.30. The van der Waals surface area contributed by atoms with Gasteiger partial charge in [-0.25, -0.2) is 22.2 Å². The number of benzene rings is 1. The first-order valence-corrected chi connectivity index (χ1v) is 9.39. The van der Waals surface area contributed by atoms with Gasteiger partial charge < -0.3 is 5.11 Å². The molecule has 2 rings (SSSR count). The predicted molar refractivity (Wildman–Crippen MR) is 91.5 cm³/mol. The van der Waals surface area contributed by atoms with Crippen molar-refractivity contribution in [1.82, 2.24) is 9.13 Å². The van der Waals surface area contributed by atoms with Gasteiger partial charge in [0.2, 0.25) is 0 Å². The second-order valence-electron chi connectivity index (χ2n) is 5.80. The van der Waals surface area contributed by atoms with E-state index in [4.69, 9.17) is 16.7 Å². The molecule has 1 aromatic carbocycles. The smallest absolute Gasteiger partial charge is 0.431 e. The van der Waals surface area contributed by atoms with Crippen LogP contribution in [0, 0.1) is 5.82 Å². The minimum absolute atomic E-state index is 0.0225. The molecule has 0 saturated heterocycles. The van der Waals surface area contributed by atoms with E-state index in [0.29, 0.717) is 19.2 Å². The van der Waals surface area contributed by atoms with Crippen molar-refractivity contribution in [2.45, 2.75) is 23.2 Å². The van der Waals surface area contributed by atoms with Crippen LogP contribution in [0.2, 0.25) is 5.02 Å². The number of carbonyl (C=O) groups is 1. The molecule has 1 unspecified atom stereocenters. The summed E-state index contributed by atoms with van der Waals surface area (Å²) in [6, 6.07) is 0.855. The lowest BCUT2D eigenvalue weighted by atomic mass is 10.3. The van der Waals surface area contributed by atoms with Crippen LogP contribution >= 0.6 is 11.6 Å². The molecule has 0 radical (unpaired) electrons. The molecule has 1 atom stereocenters. The molecule has 0 aliphatic rings. The topological polar surface area (TPSA) is 115 Å². The number of hydrogen-bond donors (Lipinski definition) is 1. The Labute approximate surface area is 164 Å². The molecule has 0 bridgehead atoms. The summed E-state index contributed by atoms with van der Waals surface area (Å²) in [5.41, 5.74) is -5.81. The van der Waals surface area contributed by atoms with Crippen LogP contribution < -0.4 is 11.2 Å². The highest BCUT2D eigenvalue weighted by atomic mass is 35.5. The molecule has 8 nitrogen and oxygen atoms in total. The molecule has 2 aromatic rings. The summed E-state index contributed by atoms with van der Waals surface area (Å²) in [5, 5.41) is 6.17. The molecule has 1 aromatic heterocycles. The molecule has 1 heterocycles. The number of sulfone groups is 1. The van der Waals surface area contributed by atoms with Crippen LogP contribution in [0.5, 0.6) is 0 Å². The maximum Gasteiger partial charge on any atom is 0.431 e. The maximum absolute atomic E-state index is 14.4. The number of aliphatic carboxylic acids is 1. The molecular formula is C15H11ClF4N2O6S. The summed E-state index contributed by atoms with van der Waals surface area (Å²) < 4.78 is 78.0. The van der Waals surface area contributed by atoms with Crippen LogP contribution in [-0.2, 0) is 27.9 Å². The Balaban J connectivity index is 2.89. The number of carboxylic acid groups (broad SMARTS) is 1. The van der Waals surface area contributed by atoms with Gasteiger partial charge in [-0.15, -0.1) is 0 Å². The average Bonchev–Trinajstić information content (AvgIpc) is 2.57. The van der Waals surface area contributed by atoms with Gasteiger partial charge in [0, 0.05) is 13.1 Å². The molecule has 0 saturated carbocycles. The van der Waals surface area contributed by atoms with Gasteiger partial charge in [0.15, 0.2) is 15.1 Å². The van der Waals surface area contributed by atoms with Crippen molar-refractivity contribution in [3.63, 3.8) is 0 Å². The highest BCUT2D eigenvalue weighted by Gasteiger charge is 2.36. The van der Waals surface area contributed by atoms with Crippen LogP contribution in [0.4, 0.5) is 17.6 Å². The number of halogens is 5. The van der Waals surface area contributed by atoms with Crippen LogP contribution in [0.15, 0.2) is 32.7 Å². The van der Waals surface area contributed by atoms with Crippen molar-refractivity contribution in [3.05, 3.63) is 55.6 Å². The molecule has 0 aliphatic heterocycles. The Bertz CT molecular complexity index is 1230. The second kappa shape index (κ2) is 7.30. The molecule has 0 spiro atoms. The van der Waals surface area contributed by atoms with E-state index in [9.17, 15) is 40.4 Å². The summed E-state index contributed by atoms with van der Waals surface area (Å²) in [7, 11) is -4.01. The van der Waals surface area contributed by atoms with E-state index in [1.54, 1.807) is 0 Å². The van der Waals surface area contributed by atoms with E-state index in [-0.39, 0.29) is 15.2 Å². The summed E-state index contributed by atoms with van der Waals surface area (Å²) in [6.45, 7) is 0.806. The van der Waals surface area contributed by atoms with Gasteiger partial charge in [-0.2, -0.15) is 13.2 Å². The highest BCUT2D eigenvalue weighted by molar-refractivity contribution is 7.92. The number of carboxylic acids is 1. The minimum Gasteiger partial charge on any atom is -0.480 e. The Morgan fingerprint density at radius 1 is 1.21 bits per heavy atom.